The average Bonchev–Trinajstić information content (AvgIpc) is 2.70. The van der Waals surface area contributed by atoms with Crippen molar-refractivity contribution in [3.05, 3.63) is 60.7 Å². The van der Waals surface area contributed by atoms with Crippen LogP contribution in [0.2, 0.25) is 0 Å². The predicted octanol–water partition coefficient (Wildman–Crippen LogP) is 5.58. The summed E-state index contributed by atoms with van der Waals surface area (Å²) in [7, 11) is 4.25. The Bertz CT molecular complexity index is 1120. The summed E-state index contributed by atoms with van der Waals surface area (Å²) in [6.07, 6.45) is 0. The first-order valence-corrected chi connectivity index (χ1v) is 10.8. The van der Waals surface area contributed by atoms with E-state index in [1.165, 1.54) is 20.6 Å². The molecule has 0 amide bonds. The molecule has 0 radical (unpaired) electrons. The SMILES string of the molecule is CC(CN(C)C)CN1c2nc3ccccc3cc2Sc2cc3ccccc3nc21. The van der Waals surface area contributed by atoms with Gasteiger partial charge in [-0.1, -0.05) is 55.1 Å². The van der Waals surface area contributed by atoms with Crippen LogP contribution in [0.15, 0.2) is 70.5 Å². The maximum Gasteiger partial charge on any atom is 0.149 e. The first kappa shape index (κ1) is 18.4. The van der Waals surface area contributed by atoms with Gasteiger partial charge in [-0.15, -0.1) is 0 Å². The number of para-hydroxylation sites is 2. The fourth-order valence-electron chi connectivity index (χ4n) is 4.09. The second kappa shape index (κ2) is 7.32. The Kier molecular flexibility index (Phi) is 4.64. The number of anilines is 2. The third-order valence-electron chi connectivity index (χ3n) is 5.24. The van der Waals surface area contributed by atoms with E-state index in [2.05, 4.69) is 91.5 Å². The molecular formula is C24H24N4S. The van der Waals surface area contributed by atoms with Crippen molar-refractivity contribution >= 4 is 45.2 Å². The quantitative estimate of drug-likeness (QED) is 0.446. The van der Waals surface area contributed by atoms with Crippen LogP contribution in [-0.2, 0) is 0 Å². The van der Waals surface area contributed by atoms with Gasteiger partial charge in [0.25, 0.3) is 0 Å². The lowest BCUT2D eigenvalue weighted by molar-refractivity contribution is 0.342. The summed E-state index contributed by atoms with van der Waals surface area (Å²) in [4.78, 5) is 17.1. The summed E-state index contributed by atoms with van der Waals surface area (Å²) < 4.78 is 0. The number of pyridine rings is 2. The molecule has 0 fully saturated rings. The van der Waals surface area contributed by atoms with Crippen LogP contribution in [0.5, 0.6) is 0 Å². The van der Waals surface area contributed by atoms with Crippen molar-refractivity contribution < 1.29 is 0 Å². The van der Waals surface area contributed by atoms with Gasteiger partial charge in [-0.25, -0.2) is 9.97 Å². The number of nitrogens with zero attached hydrogens (tertiary/aromatic N) is 4. The molecule has 0 aliphatic carbocycles. The lowest BCUT2D eigenvalue weighted by Crippen LogP contribution is -2.32. The van der Waals surface area contributed by atoms with E-state index < -0.39 is 0 Å². The van der Waals surface area contributed by atoms with E-state index in [0.29, 0.717) is 5.92 Å². The zero-order valence-corrected chi connectivity index (χ0v) is 17.8. The number of rotatable bonds is 4. The predicted molar refractivity (Wildman–Crippen MR) is 122 cm³/mol. The van der Waals surface area contributed by atoms with Gasteiger partial charge in [0.15, 0.2) is 0 Å². The molecule has 0 saturated heterocycles. The highest BCUT2D eigenvalue weighted by Crippen LogP contribution is 2.48. The lowest BCUT2D eigenvalue weighted by atomic mass is 10.1. The van der Waals surface area contributed by atoms with E-state index in [9.17, 15) is 0 Å². The number of aromatic nitrogens is 2. The van der Waals surface area contributed by atoms with Crippen LogP contribution in [0.1, 0.15) is 6.92 Å². The fourth-order valence-corrected chi connectivity index (χ4v) is 5.20. The van der Waals surface area contributed by atoms with Crippen LogP contribution in [-0.4, -0.2) is 42.1 Å². The molecule has 5 heteroatoms. The molecule has 3 heterocycles. The van der Waals surface area contributed by atoms with Gasteiger partial charge in [0.05, 0.1) is 20.8 Å². The summed E-state index contributed by atoms with van der Waals surface area (Å²) in [5.41, 5.74) is 2.06. The Hall–Kier alpha value is -2.63. The highest BCUT2D eigenvalue weighted by molar-refractivity contribution is 7.99. The van der Waals surface area contributed by atoms with Gasteiger partial charge >= 0.3 is 0 Å². The molecule has 1 atom stereocenters. The minimum absolute atomic E-state index is 0.482. The van der Waals surface area contributed by atoms with Crippen molar-refractivity contribution in [2.45, 2.75) is 16.7 Å². The molecule has 2 aromatic carbocycles. The minimum atomic E-state index is 0.482. The highest BCUT2D eigenvalue weighted by Gasteiger charge is 2.28. The van der Waals surface area contributed by atoms with Gasteiger partial charge < -0.3 is 9.80 Å². The van der Waals surface area contributed by atoms with Crippen LogP contribution < -0.4 is 4.90 Å². The zero-order chi connectivity index (χ0) is 20.0. The van der Waals surface area contributed by atoms with E-state index in [-0.39, 0.29) is 0 Å². The molecule has 146 valence electrons. The lowest BCUT2D eigenvalue weighted by Gasteiger charge is -2.33. The first-order valence-electron chi connectivity index (χ1n) is 9.98. The smallest absolute Gasteiger partial charge is 0.149 e. The van der Waals surface area contributed by atoms with Crippen molar-refractivity contribution in [2.24, 2.45) is 5.92 Å². The highest BCUT2D eigenvalue weighted by atomic mass is 32.2. The summed E-state index contributed by atoms with van der Waals surface area (Å²) in [6, 6.07) is 21.2. The van der Waals surface area contributed by atoms with Crippen LogP contribution in [0.3, 0.4) is 0 Å². The van der Waals surface area contributed by atoms with Gasteiger partial charge in [0.1, 0.15) is 11.6 Å². The van der Waals surface area contributed by atoms with E-state index >= 15 is 0 Å². The Morgan fingerprint density at radius 3 is 1.90 bits per heavy atom. The van der Waals surface area contributed by atoms with Gasteiger partial charge in [0.2, 0.25) is 0 Å². The van der Waals surface area contributed by atoms with Crippen molar-refractivity contribution in [1.82, 2.24) is 14.9 Å². The van der Waals surface area contributed by atoms with Crippen LogP contribution >= 0.6 is 11.8 Å². The maximum atomic E-state index is 5.06. The van der Waals surface area contributed by atoms with E-state index in [4.69, 9.17) is 9.97 Å². The molecule has 0 bridgehead atoms. The summed E-state index contributed by atoms with van der Waals surface area (Å²) in [6.45, 7) is 4.20. The minimum Gasteiger partial charge on any atom is -0.309 e. The third kappa shape index (κ3) is 3.45. The topological polar surface area (TPSA) is 32.3 Å². The van der Waals surface area contributed by atoms with E-state index in [0.717, 1.165) is 35.8 Å². The van der Waals surface area contributed by atoms with Crippen LogP contribution in [0.4, 0.5) is 11.6 Å². The van der Waals surface area contributed by atoms with Crippen molar-refractivity contribution in [1.29, 1.82) is 0 Å². The Balaban J connectivity index is 1.67. The molecule has 0 spiro atoms. The van der Waals surface area contributed by atoms with Gasteiger partial charge in [0, 0.05) is 23.9 Å². The molecule has 1 aliphatic rings. The molecule has 4 aromatic rings. The van der Waals surface area contributed by atoms with Gasteiger partial charge in [-0.2, -0.15) is 0 Å². The van der Waals surface area contributed by atoms with Crippen molar-refractivity contribution in [2.75, 3.05) is 32.1 Å². The molecular weight excluding hydrogens is 376 g/mol. The fraction of sp³-hybridized carbons (Fsp3) is 0.250. The first-order chi connectivity index (χ1) is 14.1. The maximum absolute atomic E-state index is 5.06. The normalized spacial score (nSPS) is 14.3. The van der Waals surface area contributed by atoms with Crippen LogP contribution in [0, 0.1) is 5.92 Å². The standard InChI is InChI=1S/C24H24N4S/c1-16(14-27(2)3)15-28-23-21(12-17-8-4-6-10-19(17)25-23)29-22-13-18-9-5-7-11-20(18)26-24(22)28/h4-13,16H,14-15H2,1-3H3. The molecule has 1 aliphatic heterocycles. The summed E-state index contributed by atoms with van der Waals surface area (Å²) >= 11 is 1.78. The summed E-state index contributed by atoms with van der Waals surface area (Å²) in [5, 5.41) is 2.36. The number of fused-ring (bicyclic) bond motifs is 4. The van der Waals surface area contributed by atoms with E-state index in [1.807, 2.05) is 0 Å². The van der Waals surface area contributed by atoms with Crippen molar-refractivity contribution in [3.63, 3.8) is 0 Å². The van der Waals surface area contributed by atoms with Crippen molar-refractivity contribution in [3.8, 4) is 0 Å². The van der Waals surface area contributed by atoms with Crippen LogP contribution in [0.25, 0.3) is 21.8 Å². The van der Waals surface area contributed by atoms with E-state index in [1.54, 1.807) is 11.8 Å². The molecule has 5 rings (SSSR count). The Morgan fingerprint density at radius 2 is 1.38 bits per heavy atom. The molecule has 1 unspecified atom stereocenters. The monoisotopic (exact) mass is 400 g/mol. The molecule has 29 heavy (non-hydrogen) atoms. The second-order valence-corrected chi connectivity index (χ2v) is 9.17. The molecule has 0 saturated carbocycles. The number of benzene rings is 2. The van der Waals surface area contributed by atoms with Gasteiger partial charge in [-0.3, -0.25) is 0 Å². The molecule has 0 N–H and O–H groups in total. The average molecular weight is 401 g/mol. The zero-order valence-electron chi connectivity index (χ0n) is 17.0. The molecule has 2 aromatic heterocycles. The second-order valence-electron chi connectivity index (χ2n) is 8.09. The van der Waals surface area contributed by atoms with Gasteiger partial charge in [-0.05, 0) is 44.3 Å². The number of hydrogen-bond acceptors (Lipinski definition) is 5. The third-order valence-corrected chi connectivity index (χ3v) is 6.28. The number of hydrogen-bond donors (Lipinski definition) is 0. The Labute approximate surface area is 175 Å². The Morgan fingerprint density at radius 1 is 0.862 bits per heavy atom. The largest absolute Gasteiger partial charge is 0.309 e. The molecule has 4 nitrogen and oxygen atoms in total. The summed E-state index contributed by atoms with van der Waals surface area (Å²) in [5.74, 6) is 2.53.